The van der Waals surface area contributed by atoms with Crippen LogP contribution in [0.25, 0.3) is 0 Å². The summed E-state index contributed by atoms with van der Waals surface area (Å²) in [4.78, 5) is 0. The van der Waals surface area contributed by atoms with Crippen LogP contribution in [-0.4, -0.2) is 27.9 Å². The van der Waals surface area contributed by atoms with Crippen LogP contribution in [0, 0.1) is 0 Å². The largest absolute Gasteiger partial charge is 0.598 e. The van der Waals surface area contributed by atoms with E-state index in [9.17, 15) is 26.5 Å². The lowest BCUT2D eigenvalue weighted by Crippen LogP contribution is -2.47. The van der Waals surface area contributed by atoms with Gasteiger partial charge in [0.05, 0.1) is 0 Å². The Bertz CT molecular complexity index is 228. The Balaban J connectivity index is 4.36. The fraction of sp³-hybridized carbons (Fsp3) is 1.00. The molecule has 0 aromatic rings. The van der Waals surface area contributed by atoms with Crippen molar-refractivity contribution in [1.29, 1.82) is 0 Å². The quantitative estimate of drug-likeness (QED) is 0.621. The molecule has 0 fully saturated rings. The number of nitrogens with one attached hydrogen (secondary N) is 1. The van der Waals surface area contributed by atoms with Crippen LogP contribution < -0.4 is 4.72 Å². The van der Waals surface area contributed by atoms with Gasteiger partial charge in [0, 0.05) is 17.8 Å². The van der Waals surface area contributed by atoms with Gasteiger partial charge in [0.2, 0.25) is 0 Å². The van der Waals surface area contributed by atoms with Crippen molar-refractivity contribution in [3.63, 3.8) is 0 Å². The monoisotopic (exact) mass is 281 g/mol. The SMILES string of the molecule is CC(C)(C)[S+]([O-])NC(CCC(F)(F)F)C(F)F. The summed E-state index contributed by atoms with van der Waals surface area (Å²) in [5.41, 5.74) is 0. The summed E-state index contributed by atoms with van der Waals surface area (Å²) in [6, 6.07) is -1.71. The molecule has 0 aliphatic carbocycles. The van der Waals surface area contributed by atoms with Crippen LogP contribution in [0.5, 0.6) is 0 Å². The van der Waals surface area contributed by atoms with Crippen LogP contribution in [0.3, 0.4) is 0 Å². The minimum absolute atomic E-state index is 0.789. The zero-order chi connectivity index (χ0) is 13.9. The molecule has 0 amide bonds. The minimum Gasteiger partial charge on any atom is -0.598 e. The summed E-state index contributed by atoms with van der Waals surface area (Å²) in [7, 11) is 0. The average Bonchev–Trinajstić information content (AvgIpc) is 2.07. The van der Waals surface area contributed by atoms with E-state index >= 15 is 0 Å². The van der Waals surface area contributed by atoms with Gasteiger partial charge in [0.1, 0.15) is 10.8 Å². The van der Waals surface area contributed by atoms with Crippen LogP contribution in [0.2, 0.25) is 0 Å². The number of halogens is 5. The normalized spacial score (nSPS) is 17.3. The molecule has 0 radical (unpaired) electrons. The predicted molar refractivity (Wildman–Crippen MR) is 56.1 cm³/mol. The van der Waals surface area contributed by atoms with Gasteiger partial charge in [0.25, 0.3) is 6.43 Å². The van der Waals surface area contributed by atoms with Gasteiger partial charge in [-0.15, -0.1) is 4.72 Å². The Morgan fingerprint density at radius 3 is 1.94 bits per heavy atom. The Morgan fingerprint density at radius 1 is 1.18 bits per heavy atom. The van der Waals surface area contributed by atoms with E-state index in [0.717, 1.165) is 0 Å². The van der Waals surface area contributed by atoms with Crippen molar-refractivity contribution in [2.24, 2.45) is 0 Å². The Kier molecular flexibility index (Phi) is 6.16. The van der Waals surface area contributed by atoms with Crippen LogP contribution >= 0.6 is 0 Å². The van der Waals surface area contributed by atoms with Gasteiger partial charge in [-0.1, -0.05) is 0 Å². The highest BCUT2D eigenvalue weighted by Gasteiger charge is 2.36. The van der Waals surface area contributed by atoms with Gasteiger partial charge in [-0.2, -0.15) is 13.2 Å². The van der Waals surface area contributed by atoms with Gasteiger partial charge >= 0.3 is 6.18 Å². The molecule has 1 N–H and O–H groups in total. The standard InChI is InChI=1S/C9H16F5NOS/c1-8(2,3)17(16)15-6(7(10)11)4-5-9(12,13)14/h6-7,15H,4-5H2,1-3H3. The molecule has 0 aromatic carbocycles. The molecular weight excluding hydrogens is 265 g/mol. The highest BCUT2D eigenvalue weighted by atomic mass is 32.2. The van der Waals surface area contributed by atoms with Crippen molar-refractivity contribution >= 4 is 11.4 Å². The third kappa shape index (κ3) is 7.77. The predicted octanol–water partition coefficient (Wildman–Crippen LogP) is 3.01. The van der Waals surface area contributed by atoms with Crippen molar-refractivity contribution in [2.45, 2.75) is 57.0 Å². The number of hydrogen-bond donors (Lipinski definition) is 1. The summed E-state index contributed by atoms with van der Waals surface area (Å²) in [5, 5.41) is 0. The molecule has 104 valence electrons. The van der Waals surface area contributed by atoms with Crippen molar-refractivity contribution in [2.75, 3.05) is 0 Å². The second kappa shape index (κ2) is 6.19. The molecule has 0 saturated carbocycles. The molecule has 0 aliphatic heterocycles. The van der Waals surface area contributed by atoms with Crippen molar-refractivity contribution in [3.8, 4) is 0 Å². The fourth-order valence-corrected chi connectivity index (χ4v) is 1.72. The maximum Gasteiger partial charge on any atom is 0.389 e. The van der Waals surface area contributed by atoms with Crippen molar-refractivity contribution in [3.05, 3.63) is 0 Å². The minimum atomic E-state index is -4.49. The summed E-state index contributed by atoms with van der Waals surface area (Å²) in [6.45, 7) is 4.63. The first kappa shape index (κ1) is 16.9. The topological polar surface area (TPSA) is 35.1 Å². The lowest BCUT2D eigenvalue weighted by Gasteiger charge is -2.27. The fourth-order valence-electron chi connectivity index (χ4n) is 0.870. The first-order valence-corrected chi connectivity index (χ1v) is 6.11. The lowest BCUT2D eigenvalue weighted by molar-refractivity contribution is -0.138. The summed E-state index contributed by atoms with van der Waals surface area (Å²) in [5.74, 6) is 0. The van der Waals surface area contributed by atoms with E-state index in [2.05, 4.69) is 4.72 Å². The molecule has 0 saturated heterocycles. The first-order valence-electron chi connectivity index (χ1n) is 4.96. The second-order valence-electron chi connectivity index (χ2n) is 4.59. The number of rotatable bonds is 5. The molecule has 2 unspecified atom stereocenters. The number of hydrogen-bond acceptors (Lipinski definition) is 2. The highest BCUT2D eigenvalue weighted by molar-refractivity contribution is 7.90. The molecular formula is C9H16F5NOS. The van der Waals surface area contributed by atoms with E-state index in [1.54, 1.807) is 20.8 Å². The van der Waals surface area contributed by atoms with Crippen molar-refractivity contribution < 1.29 is 26.5 Å². The smallest absolute Gasteiger partial charge is 0.389 e. The van der Waals surface area contributed by atoms with E-state index < -0.39 is 47.6 Å². The molecule has 0 rings (SSSR count). The Hall–Kier alpha value is -0.0800. The average molecular weight is 281 g/mol. The van der Waals surface area contributed by atoms with E-state index in [0.29, 0.717) is 0 Å². The summed E-state index contributed by atoms with van der Waals surface area (Å²) in [6.07, 6.45) is -9.58. The number of alkyl halides is 5. The molecule has 17 heavy (non-hydrogen) atoms. The van der Waals surface area contributed by atoms with Gasteiger partial charge in [0.15, 0.2) is 0 Å². The first-order chi connectivity index (χ1) is 7.43. The molecule has 0 aromatic heterocycles. The lowest BCUT2D eigenvalue weighted by atomic mass is 10.2. The van der Waals surface area contributed by atoms with Crippen LogP contribution in [0.4, 0.5) is 22.0 Å². The zero-order valence-electron chi connectivity index (χ0n) is 9.78. The van der Waals surface area contributed by atoms with E-state index in [-0.39, 0.29) is 0 Å². The van der Waals surface area contributed by atoms with Crippen molar-refractivity contribution in [1.82, 2.24) is 4.72 Å². The van der Waals surface area contributed by atoms with Gasteiger partial charge in [-0.05, 0) is 27.2 Å². The van der Waals surface area contributed by atoms with Crippen LogP contribution in [-0.2, 0) is 11.4 Å². The Morgan fingerprint density at radius 2 is 1.65 bits per heavy atom. The second-order valence-corrected chi connectivity index (χ2v) is 6.59. The van der Waals surface area contributed by atoms with Gasteiger partial charge in [-0.25, -0.2) is 8.78 Å². The molecule has 0 spiro atoms. The molecule has 2 nitrogen and oxygen atoms in total. The molecule has 2 atom stereocenters. The third-order valence-corrected chi connectivity index (χ3v) is 3.49. The van der Waals surface area contributed by atoms with Gasteiger partial charge in [-0.3, -0.25) is 0 Å². The van der Waals surface area contributed by atoms with Crippen LogP contribution in [0.1, 0.15) is 33.6 Å². The Labute approximate surface area is 100 Å². The maximum absolute atomic E-state index is 12.5. The van der Waals surface area contributed by atoms with E-state index in [1.807, 2.05) is 0 Å². The van der Waals surface area contributed by atoms with E-state index in [1.165, 1.54) is 0 Å². The maximum atomic E-state index is 12.5. The third-order valence-electron chi connectivity index (χ3n) is 1.86. The highest BCUT2D eigenvalue weighted by Crippen LogP contribution is 2.25. The van der Waals surface area contributed by atoms with Crippen LogP contribution in [0.15, 0.2) is 0 Å². The molecule has 8 heteroatoms. The van der Waals surface area contributed by atoms with E-state index in [4.69, 9.17) is 0 Å². The summed E-state index contributed by atoms with van der Waals surface area (Å²) < 4.78 is 73.4. The summed E-state index contributed by atoms with van der Waals surface area (Å²) >= 11 is -1.81. The zero-order valence-corrected chi connectivity index (χ0v) is 10.6. The van der Waals surface area contributed by atoms with Gasteiger partial charge < -0.3 is 4.55 Å². The molecule has 0 heterocycles. The molecule has 0 aliphatic rings. The molecule has 0 bridgehead atoms.